The Kier molecular flexibility index (Phi) is 3.32. The van der Waals surface area contributed by atoms with Gasteiger partial charge in [-0.05, 0) is 42.7 Å². The molecule has 1 aliphatic carbocycles. The molecule has 1 aromatic rings. The normalized spacial score (nSPS) is 19.9. The van der Waals surface area contributed by atoms with Crippen LogP contribution in [0.15, 0.2) is 24.3 Å². The zero-order chi connectivity index (χ0) is 10.8. The van der Waals surface area contributed by atoms with Gasteiger partial charge in [0, 0.05) is 11.1 Å². The maximum absolute atomic E-state index is 6.20. The third-order valence-corrected chi connectivity index (χ3v) is 3.82. The van der Waals surface area contributed by atoms with E-state index in [2.05, 4.69) is 13.0 Å². The minimum atomic E-state index is 0.248. The second-order valence-corrected chi connectivity index (χ2v) is 5.06. The van der Waals surface area contributed by atoms with Crippen LogP contribution in [0.4, 0.5) is 0 Å². The molecule has 0 amide bonds. The molecule has 1 aromatic carbocycles. The average molecular weight is 224 g/mol. The van der Waals surface area contributed by atoms with Crippen molar-refractivity contribution in [2.45, 2.75) is 32.2 Å². The summed E-state index contributed by atoms with van der Waals surface area (Å²) in [5.41, 5.74) is 7.38. The largest absolute Gasteiger partial charge is 0.327 e. The molecule has 0 saturated heterocycles. The molecule has 0 heterocycles. The lowest BCUT2D eigenvalue weighted by molar-refractivity contribution is 0.404. The predicted octanol–water partition coefficient (Wildman–Crippen LogP) is 3.26. The molecule has 15 heavy (non-hydrogen) atoms. The zero-order valence-corrected chi connectivity index (χ0v) is 9.87. The molecule has 2 rings (SSSR count). The second kappa shape index (κ2) is 4.54. The van der Waals surface area contributed by atoms with Gasteiger partial charge in [-0.1, -0.05) is 36.7 Å². The summed E-state index contributed by atoms with van der Waals surface area (Å²) in [7, 11) is 0. The smallest absolute Gasteiger partial charge is 0.0438 e. The van der Waals surface area contributed by atoms with Gasteiger partial charge >= 0.3 is 0 Å². The standard InChI is InChI=1S/C13H18ClN/c1-9(10-6-7-10)13(15)8-11-4-2-3-5-12(11)14/h2-5,9-10,13H,6-8,15H2,1H3. The van der Waals surface area contributed by atoms with E-state index in [0.717, 1.165) is 17.4 Å². The molecule has 1 fully saturated rings. The van der Waals surface area contributed by atoms with E-state index in [9.17, 15) is 0 Å². The van der Waals surface area contributed by atoms with Crippen LogP contribution in [0.3, 0.4) is 0 Å². The van der Waals surface area contributed by atoms with Gasteiger partial charge in [-0.2, -0.15) is 0 Å². The van der Waals surface area contributed by atoms with Crippen molar-refractivity contribution in [1.82, 2.24) is 0 Å². The van der Waals surface area contributed by atoms with E-state index in [4.69, 9.17) is 17.3 Å². The molecule has 2 atom stereocenters. The van der Waals surface area contributed by atoms with E-state index >= 15 is 0 Å². The molecule has 0 bridgehead atoms. The summed E-state index contributed by atoms with van der Waals surface area (Å²) in [6, 6.07) is 8.24. The first-order chi connectivity index (χ1) is 7.18. The van der Waals surface area contributed by atoms with Gasteiger partial charge in [0.05, 0.1) is 0 Å². The molecular formula is C13H18ClN. The van der Waals surface area contributed by atoms with Crippen LogP contribution in [0.5, 0.6) is 0 Å². The van der Waals surface area contributed by atoms with Crippen molar-refractivity contribution in [3.63, 3.8) is 0 Å². The first-order valence-electron chi connectivity index (χ1n) is 5.67. The molecule has 1 aliphatic rings. The van der Waals surface area contributed by atoms with E-state index in [1.807, 2.05) is 18.2 Å². The highest BCUT2D eigenvalue weighted by molar-refractivity contribution is 6.31. The molecule has 1 saturated carbocycles. The first-order valence-corrected chi connectivity index (χ1v) is 6.05. The number of hydrogen-bond donors (Lipinski definition) is 1. The van der Waals surface area contributed by atoms with Crippen LogP contribution in [0.25, 0.3) is 0 Å². The Morgan fingerprint density at radius 1 is 1.40 bits per heavy atom. The Labute approximate surface area is 96.6 Å². The molecule has 82 valence electrons. The van der Waals surface area contributed by atoms with Gasteiger partial charge in [-0.25, -0.2) is 0 Å². The maximum atomic E-state index is 6.20. The second-order valence-electron chi connectivity index (χ2n) is 4.66. The molecule has 1 nitrogen and oxygen atoms in total. The van der Waals surface area contributed by atoms with Crippen LogP contribution >= 0.6 is 11.6 Å². The van der Waals surface area contributed by atoms with Crippen molar-refractivity contribution < 1.29 is 0 Å². The van der Waals surface area contributed by atoms with Crippen molar-refractivity contribution in [3.05, 3.63) is 34.9 Å². The SMILES string of the molecule is CC(C(N)Cc1ccccc1Cl)C1CC1. The Bertz CT molecular complexity index is 333. The third-order valence-electron chi connectivity index (χ3n) is 3.45. The summed E-state index contributed by atoms with van der Waals surface area (Å²) < 4.78 is 0. The molecule has 2 N–H and O–H groups in total. The highest BCUT2D eigenvalue weighted by Crippen LogP contribution is 2.38. The molecule has 2 heteroatoms. The number of halogens is 1. The van der Waals surface area contributed by atoms with Gasteiger partial charge < -0.3 is 5.73 Å². The fourth-order valence-corrected chi connectivity index (χ4v) is 2.29. The highest BCUT2D eigenvalue weighted by atomic mass is 35.5. The molecule has 0 spiro atoms. The van der Waals surface area contributed by atoms with Gasteiger partial charge in [0.1, 0.15) is 0 Å². The minimum absolute atomic E-state index is 0.248. The van der Waals surface area contributed by atoms with Crippen LogP contribution in [0, 0.1) is 11.8 Å². The van der Waals surface area contributed by atoms with E-state index in [0.29, 0.717) is 5.92 Å². The Hall–Kier alpha value is -0.530. The van der Waals surface area contributed by atoms with Crippen LogP contribution in [0.2, 0.25) is 5.02 Å². The van der Waals surface area contributed by atoms with Gasteiger partial charge in [0.15, 0.2) is 0 Å². The highest BCUT2D eigenvalue weighted by Gasteiger charge is 2.31. The summed E-state index contributed by atoms with van der Waals surface area (Å²) in [6.07, 6.45) is 3.62. The Morgan fingerprint density at radius 3 is 2.67 bits per heavy atom. The Balaban J connectivity index is 1.98. The molecule has 0 aromatic heterocycles. The lowest BCUT2D eigenvalue weighted by Gasteiger charge is -2.19. The maximum Gasteiger partial charge on any atom is 0.0438 e. The van der Waals surface area contributed by atoms with E-state index in [1.54, 1.807) is 0 Å². The fourth-order valence-electron chi connectivity index (χ4n) is 2.08. The number of rotatable bonds is 4. The van der Waals surface area contributed by atoms with Crippen LogP contribution in [-0.4, -0.2) is 6.04 Å². The molecule has 0 radical (unpaired) electrons. The van der Waals surface area contributed by atoms with Gasteiger partial charge in [0.2, 0.25) is 0 Å². The first kappa shape index (κ1) is 11.0. The van der Waals surface area contributed by atoms with E-state index in [1.165, 1.54) is 18.4 Å². The quantitative estimate of drug-likeness (QED) is 0.833. The van der Waals surface area contributed by atoms with Crippen molar-refractivity contribution in [2.75, 3.05) is 0 Å². The summed E-state index contributed by atoms with van der Waals surface area (Å²) in [6.45, 7) is 2.26. The third kappa shape index (κ3) is 2.73. The minimum Gasteiger partial charge on any atom is -0.327 e. The lowest BCUT2D eigenvalue weighted by atomic mass is 9.92. The van der Waals surface area contributed by atoms with Crippen LogP contribution in [-0.2, 0) is 6.42 Å². The lowest BCUT2D eigenvalue weighted by Crippen LogP contribution is -2.31. The molecular weight excluding hydrogens is 206 g/mol. The van der Waals surface area contributed by atoms with Crippen molar-refractivity contribution in [1.29, 1.82) is 0 Å². The summed E-state index contributed by atoms with van der Waals surface area (Å²) in [5, 5.41) is 0.843. The number of nitrogens with two attached hydrogens (primary N) is 1. The van der Waals surface area contributed by atoms with Crippen molar-refractivity contribution >= 4 is 11.6 Å². The van der Waals surface area contributed by atoms with E-state index in [-0.39, 0.29) is 6.04 Å². The van der Waals surface area contributed by atoms with E-state index < -0.39 is 0 Å². The summed E-state index contributed by atoms with van der Waals surface area (Å²) in [4.78, 5) is 0. The molecule has 0 aliphatic heterocycles. The number of benzene rings is 1. The summed E-state index contributed by atoms with van der Waals surface area (Å²) >= 11 is 6.11. The van der Waals surface area contributed by atoms with Crippen molar-refractivity contribution in [2.24, 2.45) is 17.6 Å². The summed E-state index contributed by atoms with van der Waals surface area (Å²) in [5.74, 6) is 1.49. The van der Waals surface area contributed by atoms with Gasteiger partial charge in [0.25, 0.3) is 0 Å². The monoisotopic (exact) mass is 223 g/mol. The van der Waals surface area contributed by atoms with Gasteiger partial charge in [-0.15, -0.1) is 0 Å². The van der Waals surface area contributed by atoms with Gasteiger partial charge in [-0.3, -0.25) is 0 Å². The fraction of sp³-hybridized carbons (Fsp3) is 0.538. The zero-order valence-electron chi connectivity index (χ0n) is 9.12. The van der Waals surface area contributed by atoms with Crippen LogP contribution < -0.4 is 5.73 Å². The predicted molar refractivity (Wildman–Crippen MR) is 65.0 cm³/mol. The average Bonchev–Trinajstić information content (AvgIpc) is 3.04. The van der Waals surface area contributed by atoms with Crippen molar-refractivity contribution in [3.8, 4) is 0 Å². The van der Waals surface area contributed by atoms with Crippen LogP contribution in [0.1, 0.15) is 25.3 Å². The number of hydrogen-bond acceptors (Lipinski definition) is 1. The molecule has 2 unspecified atom stereocenters. The Morgan fingerprint density at radius 2 is 2.07 bits per heavy atom. The topological polar surface area (TPSA) is 26.0 Å².